The normalized spacial score (nSPS) is 16.8. The van der Waals surface area contributed by atoms with Crippen LogP contribution in [0.1, 0.15) is 55.6 Å². The number of aromatic nitrogens is 3. The van der Waals surface area contributed by atoms with Gasteiger partial charge in [-0.05, 0) is 46.1 Å². The topological polar surface area (TPSA) is 42.2 Å². The van der Waals surface area contributed by atoms with E-state index in [2.05, 4.69) is 29.2 Å². The maximum Gasteiger partial charge on any atom is 0.155 e. The Kier molecular flexibility index (Phi) is 3.74. The molecule has 20 heavy (non-hydrogen) atoms. The zero-order chi connectivity index (χ0) is 14.1. The molecule has 0 amide bonds. The third kappa shape index (κ3) is 2.85. The van der Waals surface area contributed by atoms with E-state index in [4.69, 9.17) is 0 Å². The fourth-order valence-electron chi connectivity index (χ4n) is 2.83. The van der Waals surface area contributed by atoms with Crippen LogP contribution in [0.25, 0.3) is 5.65 Å². The lowest BCUT2D eigenvalue weighted by atomic mass is 10.1. The Balaban J connectivity index is 1.66. The van der Waals surface area contributed by atoms with E-state index in [0.29, 0.717) is 6.04 Å². The van der Waals surface area contributed by atoms with Gasteiger partial charge in [0.1, 0.15) is 0 Å². The smallest absolute Gasteiger partial charge is 0.155 e. The number of nitrogens with zero attached hydrogens (tertiary/aromatic N) is 3. The Labute approximate surface area is 120 Å². The second kappa shape index (κ2) is 5.52. The van der Waals surface area contributed by atoms with Crippen LogP contribution in [0.5, 0.6) is 0 Å². The lowest BCUT2D eigenvalue weighted by Gasteiger charge is -2.16. The van der Waals surface area contributed by atoms with E-state index in [1.807, 2.05) is 23.7 Å². The molecule has 1 aliphatic rings. The van der Waals surface area contributed by atoms with Gasteiger partial charge in [-0.1, -0.05) is 12.8 Å². The highest BCUT2D eigenvalue weighted by molar-refractivity contribution is 5.42. The van der Waals surface area contributed by atoms with E-state index in [1.165, 1.54) is 36.9 Å². The molecular weight excluding hydrogens is 248 g/mol. The van der Waals surface area contributed by atoms with E-state index >= 15 is 0 Å². The fraction of sp³-hybridized carbons (Fsp3) is 0.625. The molecule has 0 bridgehead atoms. The van der Waals surface area contributed by atoms with Gasteiger partial charge in [0.05, 0.1) is 5.69 Å². The van der Waals surface area contributed by atoms with Gasteiger partial charge < -0.3 is 5.32 Å². The highest BCUT2D eigenvalue weighted by atomic mass is 15.3. The summed E-state index contributed by atoms with van der Waals surface area (Å²) >= 11 is 0. The number of fused-ring (bicyclic) bond motifs is 1. The summed E-state index contributed by atoms with van der Waals surface area (Å²) in [6, 6.07) is 2.35. The highest BCUT2D eigenvalue weighted by Gasteiger charge is 2.20. The molecule has 3 rings (SSSR count). The summed E-state index contributed by atoms with van der Waals surface area (Å²) in [4.78, 5) is 4.51. The zero-order valence-electron chi connectivity index (χ0n) is 12.7. The number of aryl methyl sites for hydroxylation is 2. The molecule has 1 saturated carbocycles. The molecule has 0 radical (unpaired) electrons. The van der Waals surface area contributed by atoms with Gasteiger partial charge in [0.25, 0.3) is 0 Å². The summed E-state index contributed by atoms with van der Waals surface area (Å²) in [5, 5.41) is 8.12. The Morgan fingerprint density at radius 3 is 2.95 bits per heavy atom. The van der Waals surface area contributed by atoms with Gasteiger partial charge in [-0.3, -0.25) is 0 Å². The first-order chi connectivity index (χ1) is 9.65. The Bertz CT molecular complexity index is 598. The van der Waals surface area contributed by atoms with Gasteiger partial charge in [-0.15, -0.1) is 0 Å². The fourth-order valence-corrected chi connectivity index (χ4v) is 2.83. The largest absolute Gasteiger partial charge is 0.310 e. The molecule has 0 saturated heterocycles. The van der Waals surface area contributed by atoms with E-state index in [0.717, 1.165) is 23.8 Å². The minimum atomic E-state index is 0.329. The van der Waals surface area contributed by atoms with E-state index in [-0.39, 0.29) is 0 Å². The third-order valence-corrected chi connectivity index (χ3v) is 4.29. The average Bonchev–Trinajstić information content (AvgIpc) is 3.16. The monoisotopic (exact) mass is 272 g/mol. The van der Waals surface area contributed by atoms with Crippen LogP contribution in [-0.2, 0) is 0 Å². The molecule has 2 aromatic rings. The van der Waals surface area contributed by atoms with Gasteiger partial charge in [0.2, 0.25) is 0 Å². The minimum Gasteiger partial charge on any atom is -0.310 e. The lowest BCUT2D eigenvalue weighted by Crippen LogP contribution is -2.21. The predicted molar refractivity (Wildman–Crippen MR) is 80.8 cm³/mol. The highest BCUT2D eigenvalue weighted by Crippen LogP contribution is 2.33. The van der Waals surface area contributed by atoms with Crippen molar-refractivity contribution < 1.29 is 0 Å². The van der Waals surface area contributed by atoms with Crippen molar-refractivity contribution in [1.82, 2.24) is 19.9 Å². The molecule has 1 N–H and O–H groups in total. The summed E-state index contributed by atoms with van der Waals surface area (Å²) < 4.78 is 1.95. The van der Waals surface area contributed by atoms with Crippen molar-refractivity contribution in [3.63, 3.8) is 0 Å². The first-order valence-corrected chi connectivity index (χ1v) is 7.70. The standard InChI is InChI=1S/C16H24N4/c1-11-9-16-18-10-15(13(3)20(16)19-11)12(2)17-8-4-5-14-6-7-14/h9-10,12,14,17H,4-8H2,1-3H3. The molecule has 1 unspecified atom stereocenters. The second-order valence-corrected chi connectivity index (χ2v) is 6.12. The summed E-state index contributed by atoms with van der Waals surface area (Å²) in [5.41, 5.74) is 4.38. The Morgan fingerprint density at radius 1 is 1.40 bits per heavy atom. The van der Waals surface area contributed by atoms with Crippen molar-refractivity contribution in [2.45, 2.75) is 52.5 Å². The number of nitrogens with one attached hydrogen (secondary N) is 1. The van der Waals surface area contributed by atoms with Crippen molar-refractivity contribution in [3.05, 3.63) is 29.2 Å². The van der Waals surface area contributed by atoms with Crippen LogP contribution in [0.2, 0.25) is 0 Å². The summed E-state index contributed by atoms with van der Waals surface area (Å²) in [6.07, 6.45) is 7.56. The predicted octanol–water partition coefficient (Wildman–Crippen LogP) is 3.19. The van der Waals surface area contributed by atoms with E-state index in [1.54, 1.807) is 0 Å². The van der Waals surface area contributed by atoms with Crippen LogP contribution in [0.15, 0.2) is 12.3 Å². The van der Waals surface area contributed by atoms with Crippen molar-refractivity contribution in [2.75, 3.05) is 6.54 Å². The van der Waals surface area contributed by atoms with Gasteiger partial charge in [0.15, 0.2) is 5.65 Å². The molecule has 2 aromatic heterocycles. The molecular formula is C16H24N4. The first kappa shape index (κ1) is 13.6. The second-order valence-electron chi connectivity index (χ2n) is 6.12. The van der Waals surface area contributed by atoms with Crippen molar-refractivity contribution in [2.24, 2.45) is 5.92 Å². The lowest BCUT2D eigenvalue weighted by molar-refractivity contribution is 0.528. The minimum absolute atomic E-state index is 0.329. The van der Waals surface area contributed by atoms with Crippen LogP contribution in [0.3, 0.4) is 0 Å². The van der Waals surface area contributed by atoms with Crippen molar-refractivity contribution >= 4 is 5.65 Å². The SMILES string of the molecule is Cc1cc2ncc(C(C)NCCCC3CC3)c(C)n2n1. The number of hydrogen-bond donors (Lipinski definition) is 1. The summed E-state index contributed by atoms with van der Waals surface area (Å²) in [6.45, 7) is 7.43. The Morgan fingerprint density at radius 2 is 2.20 bits per heavy atom. The van der Waals surface area contributed by atoms with Gasteiger partial charge >= 0.3 is 0 Å². The maximum absolute atomic E-state index is 4.51. The number of hydrogen-bond acceptors (Lipinski definition) is 3. The molecule has 0 aliphatic heterocycles. The zero-order valence-corrected chi connectivity index (χ0v) is 12.7. The molecule has 108 valence electrons. The molecule has 1 atom stereocenters. The number of rotatable bonds is 6. The molecule has 1 fully saturated rings. The van der Waals surface area contributed by atoms with Crippen molar-refractivity contribution in [1.29, 1.82) is 0 Å². The van der Waals surface area contributed by atoms with Crippen LogP contribution >= 0.6 is 0 Å². The van der Waals surface area contributed by atoms with Gasteiger partial charge in [0, 0.05) is 29.6 Å². The average molecular weight is 272 g/mol. The van der Waals surface area contributed by atoms with Gasteiger partial charge in [-0.2, -0.15) is 5.10 Å². The summed E-state index contributed by atoms with van der Waals surface area (Å²) in [7, 11) is 0. The molecule has 0 aromatic carbocycles. The van der Waals surface area contributed by atoms with E-state index in [9.17, 15) is 0 Å². The van der Waals surface area contributed by atoms with Crippen LogP contribution < -0.4 is 5.32 Å². The molecule has 0 spiro atoms. The van der Waals surface area contributed by atoms with Gasteiger partial charge in [-0.25, -0.2) is 9.50 Å². The van der Waals surface area contributed by atoms with Crippen LogP contribution in [0, 0.1) is 19.8 Å². The quantitative estimate of drug-likeness (QED) is 0.821. The molecule has 4 heteroatoms. The molecule has 4 nitrogen and oxygen atoms in total. The van der Waals surface area contributed by atoms with Crippen LogP contribution in [-0.4, -0.2) is 21.1 Å². The third-order valence-electron chi connectivity index (χ3n) is 4.29. The first-order valence-electron chi connectivity index (χ1n) is 7.70. The molecule has 1 aliphatic carbocycles. The van der Waals surface area contributed by atoms with Crippen molar-refractivity contribution in [3.8, 4) is 0 Å². The van der Waals surface area contributed by atoms with E-state index < -0.39 is 0 Å². The summed E-state index contributed by atoms with van der Waals surface area (Å²) in [5.74, 6) is 1.03. The maximum atomic E-state index is 4.51. The molecule has 2 heterocycles. The van der Waals surface area contributed by atoms with Crippen LogP contribution in [0.4, 0.5) is 0 Å². The Hall–Kier alpha value is -1.42.